The van der Waals surface area contributed by atoms with Crippen LogP contribution in [0.3, 0.4) is 0 Å². The van der Waals surface area contributed by atoms with E-state index >= 15 is 0 Å². The fourth-order valence-corrected chi connectivity index (χ4v) is 1.21. The fraction of sp³-hybridized carbons (Fsp3) is 0.556. The minimum absolute atomic E-state index is 0.981. The summed E-state index contributed by atoms with van der Waals surface area (Å²) in [6.45, 7) is 2.21. The maximum absolute atomic E-state index is 3.43. The van der Waals surface area contributed by atoms with Gasteiger partial charge in [0.2, 0.25) is 0 Å². The van der Waals surface area contributed by atoms with Crippen molar-refractivity contribution in [3.63, 3.8) is 0 Å². The molecule has 0 unspecified atom stereocenters. The minimum atomic E-state index is 0.981. The first-order valence-corrected chi connectivity index (χ1v) is 4.27. The molecule has 2 heteroatoms. The van der Waals surface area contributed by atoms with Gasteiger partial charge in [0, 0.05) is 18.9 Å². The Labute approximate surface area is 67.0 Å². The number of aromatic nitrogens is 1. The normalized spacial score (nSPS) is 17.1. The van der Waals surface area contributed by atoms with Crippen LogP contribution in [0.5, 0.6) is 0 Å². The molecule has 1 aliphatic carbocycles. The molecule has 0 aromatic carbocycles. The number of rotatable bonds is 4. The Morgan fingerprint density at radius 2 is 2.45 bits per heavy atom. The van der Waals surface area contributed by atoms with Crippen LogP contribution < -0.4 is 5.32 Å². The van der Waals surface area contributed by atoms with E-state index in [1.54, 1.807) is 0 Å². The van der Waals surface area contributed by atoms with Crippen molar-refractivity contribution in [3.05, 3.63) is 24.0 Å². The molecule has 0 saturated heterocycles. The van der Waals surface area contributed by atoms with Gasteiger partial charge in [-0.15, -0.1) is 0 Å². The number of H-pyrrole nitrogens is 1. The SMILES string of the molecule is c1cc(CNCC2CC2)c[nH]1. The van der Waals surface area contributed by atoms with Crippen molar-refractivity contribution >= 4 is 0 Å². The van der Waals surface area contributed by atoms with E-state index in [1.165, 1.54) is 24.9 Å². The van der Waals surface area contributed by atoms with Crippen LogP contribution in [-0.2, 0) is 6.54 Å². The molecule has 1 saturated carbocycles. The Morgan fingerprint density at radius 1 is 1.55 bits per heavy atom. The van der Waals surface area contributed by atoms with Gasteiger partial charge in [-0.2, -0.15) is 0 Å². The standard InChI is InChI=1S/C9H14N2/c1-2-8(1)5-11-7-9-3-4-10-6-9/h3-4,6,8,10-11H,1-2,5,7H2. The number of hydrogen-bond donors (Lipinski definition) is 2. The summed E-state index contributed by atoms with van der Waals surface area (Å²) in [4.78, 5) is 3.04. The van der Waals surface area contributed by atoms with Crippen LogP contribution in [0.15, 0.2) is 18.5 Å². The van der Waals surface area contributed by atoms with Crippen molar-refractivity contribution in [2.24, 2.45) is 5.92 Å². The Balaban J connectivity index is 1.66. The zero-order chi connectivity index (χ0) is 7.52. The first-order chi connectivity index (χ1) is 5.45. The summed E-state index contributed by atoms with van der Waals surface area (Å²) in [5, 5.41) is 3.43. The molecule has 0 spiro atoms. The van der Waals surface area contributed by atoms with Gasteiger partial charge < -0.3 is 10.3 Å². The van der Waals surface area contributed by atoms with E-state index in [0.717, 1.165) is 12.5 Å². The molecule has 2 N–H and O–H groups in total. The van der Waals surface area contributed by atoms with Crippen LogP contribution in [0.4, 0.5) is 0 Å². The first kappa shape index (κ1) is 6.92. The van der Waals surface area contributed by atoms with Gasteiger partial charge in [-0.25, -0.2) is 0 Å². The van der Waals surface area contributed by atoms with Crippen molar-refractivity contribution in [1.82, 2.24) is 10.3 Å². The van der Waals surface area contributed by atoms with Gasteiger partial charge in [0.05, 0.1) is 0 Å². The molecule has 0 radical (unpaired) electrons. The predicted octanol–water partition coefficient (Wildman–Crippen LogP) is 1.51. The molecule has 1 aromatic heterocycles. The molecule has 2 rings (SSSR count). The molecule has 11 heavy (non-hydrogen) atoms. The molecule has 2 nitrogen and oxygen atoms in total. The molecular weight excluding hydrogens is 136 g/mol. The molecule has 1 aromatic rings. The van der Waals surface area contributed by atoms with Crippen LogP contribution in [0.2, 0.25) is 0 Å². The summed E-state index contributed by atoms with van der Waals surface area (Å²) in [6, 6.07) is 2.11. The minimum Gasteiger partial charge on any atom is -0.367 e. The maximum atomic E-state index is 3.43. The van der Waals surface area contributed by atoms with E-state index in [0.29, 0.717) is 0 Å². The summed E-state index contributed by atoms with van der Waals surface area (Å²) in [5.74, 6) is 0.981. The van der Waals surface area contributed by atoms with E-state index in [4.69, 9.17) is 0 Å². The molecule has 1 heterocycles. The number of nitrogens with one attached hydrogen (secondary N) is 2. The zero-order valence-electron chi connectivity index (χ0n) is 6.64. The van der Waals surface area contributed by atoms with E-state index in [1.807, 2.05) is 12.4 Å². The molecule has 0 bridgehead atoms. The van der Waals surface area contributed by atoms with Gasteiger partial charge in [-0.05, 0) is 36.9 Å². The first-order valence-electron chi connectivity index (χ1n) is 4.27. The summed E-state index contributed by atoms with van der Waals surface area (Å²) in [6.07, 6.45) is 6.87. The summed E-state index contributed by atoms with van der Waals surface area (Å²) in [7, 11) is 0. The Bertz CT molecular complexity index is 199. The van der Waals surface area contributed by atoms with Crippen LogP contribution in [-0.4, -0.2) is 11.5 Å². The smallest absolute Gasteiger partial charge is 0.0220 e. The Kier molecular flexibility index (Phi) is 1.95. The summed E-state index contributed by atoms with van der Waals surface area (Å²) >= 11 is 0. The van der Waals surface area contributed by atoms with E-state index in [-0.39, 0.29) is 0 Å². The second-order valence-electron chi connectivity index (χ2n) is 3.29. The second kappa shape index (κ2) is 3.09. The van der Waals surface area contributed by atoms with Crippen molar-refractivity contribution < 1.29 is 0 Å². The molecular formula is C9H14N2. The summed E-state index contributed by atoms with van der Waals surface area (Å²) in [5.41, 5.74) is 1.35. The molecule has 60 valence electrons. The summed E-state index contributed by atoms with van der Waals surface area (Å²) < 4.78 is 0. The molecule has 1 aliphatic rings. The molecule has 0 amide bonds. The maximum Gasteiger partial charge on any atom is 0.0220 e. The van der Waals surface area contributed by atoms with Crippen LogP contribution >= 0.6 is 0 Å². The van der Waals surface area contributed by atoms with Gasteiger partial charge >= 0.3 is 0 Å². The third-order valence-corrected chi connectivity index (χ3v) is 2.12. The van der Waals surface area contributed by atoms with Gasteiger partial charge in [-0.1, -0.05) is 0 Å². The topological polar surface area (TPSA) is 27.8 Å². The Hall–Kier alpha value is -0.760. The largest absolute Gasteiger partial charge is 0.367 e. The van der Waals surface area contributed by atoms with Crippen LogP contribution in [0.25, 0.3) is 0 Å². The van der Waals surface area contributed by atoms with Crippen LogP contribution in [0, 0.1) is 5.92 Å². The molecule has 0 aliphatic heterocycles. The highest BCUT2D eigenvalue weighted by Gasteiger charge is 2.19. The molecule has 1 fully saturated rings. The van der Waals surface area contributed by atoms with Crippen LogP contribution in [0.1, 0.15) is 18.4 Å². The monoisotopic (exact) mass is 150 g/mol. The highest BCUT2D eigenvalue weighted by atomic mass is 14.9. The van der Waals surface area contributed by atoms with Gasteiger partial charge in [-0.3, -0.25) is 0 Å². The predicted molar refractivity (Wildman–Crippen MR) is 45.2 cm³/mol. The third-order valence-electron chi connectivity index (χ3n) is 2.12. The van der Waals surface area contributed by atoms with Crippen molar-refractivity contribution in [1.29, 1.82) is 0 Å². The van der Waals surface area contributed by atoms with E-state index in [9.17, 15) is 0 Å². The van der Waals surface area contributed by atoms with Crippen molar-refractivity contribution in [3.8, 4) is 0 Å². The zero-order valence-corrected chi connectivity index (χ0v) is 6.64. The highest BCUT2D eigenvalue weighted by molar-refractivity contribution is 5.07. The third kappa shape index (κ3) is 2.09. The number of aromatic amines is 1. The van der Waals surface area contributed by atoms with Crippen molar-refractivity contribution in [2.45, 2.75) is 19.4 Å². The van der Waals surface area contributed by atoms with E-state index < -0.39 is 0 Å². The van der Waals surface area contributed by atoms with E-state index in [2.05, 4.69) is 16.4 Å². The lowest BCUT2D eigenvalue weighted by molar-refractivity contribution is 0.639. The number of hydrogen-bond acceptors (Lipinski definition) is 1. The second-order valence-corrected chi connectivity index (χ2v) is 3.29. The average Bonchev–Trinajstić information content (AvgIpc) is 2.66. The quantitative estimate of drug-likeness (QED) is 0.669. The lowest BCUT2D eigenvalue weighted by atomic mass is 10.3. The Morgan fingerprint density at radius 3 is 3.09 bits per heavy atom. The van der Waals surface area contributed by atoms with Crippen molar-refractivity contribution in [2.75, 3.05) is 6.54 Å². The molecule has 0 atom stereocenters. The lowest BCUT2D eigenvalue weighted by Gasteiger charge is -1.99. The van der Waals surface area contributed by atoms with Gasteiger partial charge in [0.15, 0.2) is 0 Å². The fourth-order valence-electron chi connectivity index (χ4n) is 1.21. The highest BCUT2D eigenvalue weighted by Crippen LogP contribution is 2.27. The average molecular weight is 150 g/mol. The lowest BCUT2D eigenvalue weighted by Crippen LogP contribution is -2.15. The van der Waals surface area contributed by atoms with Gasteiger partial charge in [0.25, 0.3) is 0 Å². The van der Waals surface area contributed by atoms with Gasteiger partial charge in [0.1, 0.15) is 0 Å².